The van der Waals surface area contributed by atoms with Crippen molar-refractivity contribution in [2.75, 3.05) is 32.8 Å². The van der Waals surface area contributed by atoms with E-state index in [2.05, 4.69) is 5.32 Å². The Morgan fingerprint density at radius 3 is 2.51 bits per heavy atom. The summed E-state index contributed by atoms with van der Waals surface area (Å²) >= 11 is 0. The Bertz CT molecular complexity index is 1150. The predicted molar refractivity (Wildman–Crippen MR) is 124 cm³/mol. The minimum absolute atomic E-state index is 0.359. The van der Waals surface area contributed by atoms with Crippen LogP contribution >= 0.6 is 0 Å². The molecule has 35 heavy (non-hydrogen) atoms. The van der Waals surface area contributed by atoms with Crippen LogP contribution in [0.25, 0.3) is 0 Å². The molecular weight excluding hydrogens is 450 g/mol. The molecular formula is C26H27N3O6. The quantitative estimate of drug-likeness (QED) is 0.521. The molecule has 9 nitrogen and oxygen atoms in total. The van der Waals surface area contributed by atoms with Crippen molar-refractivity contribution in [2.24, 2.45) is 0 Å². The van der Waals surface area contributed by atoms with Gasteiger partial charge in [-0.3, -0.25) is 19.3 Å². The van der Waals surface area contributed by atoms with E-state index in [0.717, 1.165) is 28.9 Å². The number of hydrogen-bond acceptors (Lipinski definition) is 6. The fourth-order valence-corrected chi connectivity index (χ4v) is 5.09. The number of benzene rings is 2. The third-order valence-corrected chi connectivity index (χ3v) is 6.84. The summed E-state index contributed by atoms with van der Waals surface area (Å²) in [5.74, 6) is -1.66. The number of esters is 1. The molecule has 2 saturated heterocycles. The van der Waals surface area contributed by atoms with Crippen LogP contribution in [0.15, 0.2) is 54.6 Å². The van der Waals surface area contributed by atoms with Crippen molar-refractivity contribution < 1.29 is 28.7 Å². The number of urea groups is 1. The van der Waals surface area contributed by atoms with Crippen molar-refractivity contribution in [3.8, 4) is 0 Å². The molecule has 1 N–H and O–H groups in total. The van der Waals surface area contributed by atoms with E-state index in [0.29, 0.717) is 38.3 Å². The average molecular weight is 478 g/mol. The minimum Gasteiger partial charge on any atom is -0.446 e. The Morgan fingerprint density at radius 2 is 1.74 bits per heavy atom. The number of nitrogens with one attached hydrogen (secondary N) is 1. The number of aryl methyl sites for hydroxylation is 1. The van der Waals surface area contributed by atoms with E-state index in [9.17, 15) is 19.2 Å². The zero-order valence-corrected chi connectivity index (χ0v) is 19.3. The van der Waals surface area contributed by atoms with Crippen LogP contribution in [-0.2, 0) is 35.8 Å². The zero-order chi connectivity index (χ0) is 24.4. The van der Waals surface area contributed by atoms with Gasteiger partial charge in [-0.1, -0.05) is 54.6 Å². The number of ether oxygens (including phenoxy) is 2. The molecule has 2 atom stereocenters. The summed E-state index contributed by atoms with van der Waals surface area (Å²) in [6.45, 7) is 1.04. The number of morpholine rings is 1. The van der Waals surface area contributed by atoms with Crippen molar-refractivity contribution in [3.05, 3.63) is 71.3 Å². The Balaban J connectivity index is 1.34. The fraction of sp³-hybridized carbons (Fsp3) is 0.385. The second-order valence-corrected chi connectivity index (χ2v) is 8.96. The summed E-state index contributed by atoms with van der Waals surface area (Å²) in [5.41, 5.74) is 1.13. The lowest BCUT2D eigenvalue weighted by atomic mass is 9.76. The first-order chi connectivity index (χ1) is 17.0. The Hall–Kier alpha value is -3.72. The van der Waals surface area contributed by atoms with E-state index >= 15 is 0 Å². The van der Waals surface area contributed by atoms with E-state index in [1.165, 1.54) is 0 Å². The van der Waals surface area contributed by atoms with Gasteiger partial charge in [-0.05, 0) is 30.4 Å². The van der Waals surface area contributed by atoms with Crippen LogP contribution in [0.3, 0.4) is 0 Å². The van der Waals surface area contributed by atoms with Crippen LogP contribution in [0, 0.1) is 0 Å². The average Bonchev–Trinajstić information content (AvgIpc) is 3.12. The molecule has 5 rings (SSSR count). The molecule has 2 unspecified atom stereocenters. The highest BCUT2D eigenvalue weighted by Crippen LogP contribution is 2.39. The Morgan fingerprint density at radius 1 is 1.03 bits per heavy atom. The number of hydrogen-bond donors (Lipinski definition) is 1. The van der Waals surface area contributed by atoms with Gasteiger partial charge in [0.15, 0.2) is 0 Å². The predicted octanol–water partition coefficient (Wildman–Crippen LogP) is 1.91. The van der Waals surface area contributed by atoms with Crippen LogP contribution in [0.1, 0.15) is 35.6 Å². The number of fused-ring (bicyclic) bond motifs is 2. The van der Waals surface area contributed by atoms with Gasteiger partial charge in [0.1, 0.15) is 12.1 Å². The van der Waals surface area contributed by atoms with Crippen molar-refractivity contribution in [2.45, 2.75) is 30.9 Å². The highest BCUT2D eigenvalue weighted by Gasteiger charge is 2.54. The molecule has 182 valence electrons. The van der Waals surface area contributed by atoms with Crippen molar-refractivity contribution in [3.63, 3.8) is 0 Å². The fourth-order valence-electron chi connectivity index (χ4n) is 5.09. The van der Waals surface area contributed by atoms with Gasteiger partial charge in [0.2, 0.25) is 6.10 Å². The molecule has 0 bridgehead atoms. The van der Waals surface area contributed by atoms with Gasteiger partial charge in [-0.15, -0.1) is 0 Å². The first-order valence-electron chi connectivity index (χ1n) is 11.8. The molecule has 9 heteroatoms. The Kier molecular flexibility index (Phi) is 6.25. The lowest BCUT2D eigenvalue weighted by Gasteiger charge is -2.33. The van der Waals surface area contributed by atoms with Gasteiger partial charge in [0.05, 0.1) is 13.2 Å². The van der Waals surface area contributed by atoms with Crippen molar-refractivity contribution >= 4 is 23.8 Å². The van der Waals surface area contributed by atoms with Crippen LogP contribution in [0.4, 0.5) is 4.79 Å². The molecule has 1 spiro atoms. The van der Waals surface area contributed by atoms with Crippen molar-refractivity contribution in [1.29, 1.82) is 0 Å². The maximum absolute atomic E-state index is 13.5. The molecule has 2 aliphatic heterocycles. The molecule has 0 aromatic heterocycles. The topological polar surface area (TPSA) is 105 Å². The lowest BCUT2D eigenvalue weighted by Crippen LogP contribution is -2.47. The highest BCUT2D eigenvalue weighted by atomic mass is 16.5. The Labute approximate surface area is 203 Å². The maximum atomic E-state index is 13.5. The number of imide groups is 1. The van der Waals surface area contributed by atoms with Gasteiger partial charge in [-0.2, -0.15) is 0 Å². The molecule has 4 amide bonds. The minimum atomic E-state index is -1.17. The first kappa shape index (κ1) is 23.0. The molecule has 2 heterocycles. The molecule has 2 aromatic rings. The second-order valence-electron chi connectivity index (χ2n) is 8.96. The smallest absolute Gasteiger partial charge is 0.327 e. The van der Waals surface area contributed by atoms with Crippen molar-refractivity contribution in [1.82, 2.24) is 15.1 Å². The number of amides is 4. The second kappa shape index (κ2) is 9.50. The third-order valence-electron chi connectivity index (χ3n) is 6.84. The summed E-state index contributed by atoms with van der Waals surface area (Å²) in [6.07, 6.45) is 0.853. The summed E-state index contributed by atoms with van der Waals surface area (Å²) in [7, 11) is 0. The summed E-state index contributed by atoms with van der Waals surface area (Å²) in [6, 6.07) is 15.6. The van der Waals surface area contributed by atoms with Gasteiger partial charge < -0.3 is 19.7 Å². The summed E-state index contributed by atoms with van der Waals surface area (Å²) in [4.78, 5) is 55.0. The van der Waals surface area contributed by atoms with E-state index in [1.807, 2.05) is 24.3 Å². The summed E-state index contributed by atoms with van der Waals surface area (Å²) in [5, 5.41) is 2.83. The lowest BCUT2D eigenvalue weighted by molar-refractivity contribution is -0.163. The van der Waals surface area contributed by atoms with Gasteiger partial charge >= 0.3 is 12.0 Å². The number of carbonyl (C=O) groups excluding carboxylic acids is 4. The summed E-state index contributed by atoms with van der Waals surface area (Å²) < 4.78 is 10.9. The number of carbonyl (C=O) groups is 4. The number of nitrogens with zero attached hydrogens (tertiary/aromatic N) is 2. The van der Waals surface area contributed by atoms with Gasteiger partial charge in [-0.25, -0.2) is 4.79 Å². The standard InChI is InChI=1S/C26H27N3O6/c30-21(35-22(19-8-2-1-3-9-19)23(31)28-13-15-34-16-14-28)17-29-24(32)26(27-25(29)33)12-6-10-18-7-4-5-11-20(18)26/h1-5,7-9,11,22H,6,10,12-17H2,(H,27,33). The van der Waals surface area contributed by atoms with Gasteiger partial charge in [0.25, 0.3) is 11.8 Å². The normalized spacial score (nSPS) is 22.5. The maximum Gasteiger partial charge on any atom is 0.327 e. The van der Waals surface area contributed by atoms with Crippen LogP contribution in [0.5, 0.6) is 0 Å². The first-order valence-corrected chi connectivity index (χ1v) is 11.8. The third kappa shape index (κ3) is 4.27. The van der Waals surface area contributed by atoms with Gasteiger partial charge in [0, 0.05) is 18.7 Å². The molecule has 2 aromatic carbocycles. The molecule has 3 aliphatic rings. The van der Waals surface area contributed by atoms with Crippen LogP contribution in [0.2, 0.25) is 0 Å². The monoisotopic (exact) mass is 477 g/mol. The van der Waals surface area contributed by atoms with E-state index in [-0.39, 0.29) is 5.91 Å². The van der Waals surface area contributed by atoms with E-state index in [4.69, 9.17) is 9.47 Å². The molecule has 2 fully saturated rings. The highest BCUT2D eigenvalue weighted by molar-refractivity contribution is 6.09. The largest absolute Gasteiger partial charge is 0.446 e. The van der Waals surface area contributed by atoms with Crippen LogP contribution < -0.4 is 5.32 Å². The molecule has 1 aliphatic carbocycles. The number of rotatable bonds is 5. The zero-order valence-electron chi connectivity index (χ0n) is 19.3. The SMILES string of the molecule is O=C(CN1C(=O)NC2(CCCc3ccccc32)C1=O)OC(C(=O)N1CCOCC1)c1ccccc1. The van der Waals surface area contributed by atoms with Crippen LogP contribution in [-0.4, -0.2) is 66.5 Å². The molecule has 0 saturated carbocycles. The van der Waals surface area contributed by atoms with E-state index in [1.54, 1.807) is 35.2 Å². The van der Waals surface area contributed by atoms with E-state index < -0.39 is 36.1 Å². The molecule has 0 radical (unpaired) electrons.